The van der Waals surface area contributed by atoms with Gasteiger partial charge in [-0.1, -0.05) is 37.3 Å². The third kappa shape index (κ3) is 4.03. The van der Waals surface area contributed by atoms with Crippen molar-refractivity contribution >= 4 is 0 Å². The molecule has 4 rings (SSSR count). The van der Waals surface area contributed by atoms with E-state index in [1.54, 1.807) is 13.1 Å². The Morgan fingerprint density at radius 3 is 2.50 bits per heavy atom. The molecule has 0 aliphatic heterocycles. The van der Waals surface area contributed by atoms with Crippen LogP contribution in [0.2, 0.25) is 0 Å². The molecule has 0 aliphatic carbocycles. The Morgan fingerprint density at radius 2 is 1.81 bits per heavy atom. The maximum Gasteiger partial charge on any atom is 0.368 e. The van der Waals surface area contributed by atoms with Crippen LogP contribution in [0.15, 0.2) is 65.5 Å². The van der Waals surface area contributed by atoms with Gasteiger partial charge in [-0.2, -0.15) is 14.6 Å². The van der Waals surface area contributed by atoms with Gasteiger partial charge in [0, 0.05) is 12.6 Å². The van der Waals surface area contributed by atoms with E-state index in [4.69, 9.17) is 10.00 Å². The molecule has 0 fully saturated rings. The third-order valence-corrected chi connectivity index (χ3v) is 5.45. The lowest BCUT2D eigenvalue weighted by molar-refractivity contribution is 0.302. The highest BCUT2D eigenvalue weighted by Gasteiger charge is 2.15. The average Bonchev–Trinajstić information content (AvgIpc) is 3.16. The van der Waals surface area contributed by atoms with Gasteiger partial charge in [0.05, 0.1) is 17.3 Å². The molecule has 0 amide bonds. The normalized spacial score (nSPS) is 10.7. The molecule has 160 valence electrons. The summed E-state index contributed by atoms with van der Waals surface area (Å²) < 4.78 is 8.69. The van der Waals surface area contributed by atoms with Gasteiger partial charge in [-0.05, 0) is 76.4 Å². The van der Waals surface area contributed by atoms with Gasteiger partial charge in [-0.15, -0.1) is 0 Å². The first-order chi connectivity index (χ1) is 15.5. The second-order valence-electron chi connectivity index (χ2n) is 7.53. The molecular formula is C25H23N5O2. The molecular weight excluding hydrogens is 402 g/mol. The van der Waals surface area contributed by atoms with E-state index >= 15 is 0 Å². The van der Waals surface area contributed by atoms with Crippen LogP contribution in [0.5, 0.6) is 5.75 Å². The Labute approximate surface area is 186 Å². The van der Waals surface area contributed by atoms with E-state index in [9.17, 15) is 4.79 Å². The molecule has 0 atom stereocenters. The molecule has 1 aromatic heterocycles. The smallest absolute Gasteiger partial charge is 0.368 e. The molecule has 0 N–H and O–H groups in total. The highest BCUT2D eigenvalue weighted by molar-refractivity contribution is 5.67. The molecule has 0 radical (unpaired) electrons. The molecule has 3 aromatic carbocycles. The van der Waals surface area contributed by atoms with E-state index in [1.807, 2.05) is 61.5 Å². The van der Waals surface area contributed by atoms with Crippen LogP contribution < -0.4 is 10.4 Å². The molecule has 0 unspecified atom stereocenters. The first kappa shape index (κ1) is 21.1. The number of nitriles is 1. The van der Waals surface area contributed by atoms with Crippen LogP contribution in [-0.2, 0) is 20.1 Å². The van der Waals surface area contributed by atoms with E-state index in [1.165, 1.54) is 9.36 Å². The maximum atomic E-state index is 12.4. The molecule has 0 aliphatic rings. The summed E-state index contributed by atoms with van der Waals surface area (Å²) in [5.74, 6) is 0.758. The highest BCUT2D eigenvalue weighted by atomic mass is 16.5. The lowest BCUT2D eigenvalue weighted by atomic mass is 10.0. The van der Waals surface area contributed by atoms with Crippen LogP contribution in [0.3, 0.4) is 0 Å². The van der Waals surface area contributed by atoms with Crippen molar-refractivity contribution in [2.75, 3.05) is 0 Å². The number of nitrogens with zero attached hydrogens (tertiary/aromatic N) is 5. The van der Waals surface area contributed by atoms with E-state index in [-0.39, 0.29) is 5.69 Å². The van der Waals surface area contributed by atoms with Crippen molar-refractivity contribution in [3.63, 3.8) is 0 Å². The van der Waals surface area contributed by atoms with Crippen molar-refractivity contribution < 1.29 is 4.74 Å². The third-order valence-electron chi connectivity index (χ3n) is 5.45. The number of tetrazole rings is 1. The summed E-state index contributed by atoms with van der Waals surface area (Å²) in [4.78, 5) is 12.4. The Bertz CT molecular complexity index is 1380. The summed E-state index contributed by atoms with van der Waals surface area (Å²) in [5.41, 5.74) is 5.97. The Kier molecular flexibility index (Phi) is 5.86. The first-order valence-corrected chi connectivity index (χ1v) is 10.4. The summed E-state index contributed by atoms with van der Waals surface area (Å²) >= 11 is 0. The van der Waals surface area contributed by atoms with E-state index in [0.29, 0.717) is 17.9 Å². The molecule has 0 saturated heterocycles. The van der Waals surface area contributed by atoms with Crippen molar-refractivity contribution in [2.45, 2.75) is 26.9 Å². The Morgan fingerprint density at radius 1 is 1.03 bits per heavy atom. The van der Waals surface area contributed by atoms with Crippen LogP contribution >= 0.6 is 0 Å². The zero-order valence-corrected chi connectivity index (χ0v) is 18.2. The van der Waals surface area contributed by atoms with Gasteiger partial charge in [0.25, 0.3) is 0 Å². The minimum atomic E-state index is -0.306. The molecule has 0 spiro atoms. The van der Waals surface area contributed by atoms with Gasteiger partial charge in [0.1, 0.15) is 12.4 Å². The summed E-state index contributed by atoms with van der Waals surface area (Å²) in [6.45, 7) is 4.36. The molecule has 7 heteroatoms. The van der Waals surface area contributed by atoms with Crippen LogP contribution in [-0.4, -0.2) is 19.8 Å². The fraction of sp³-hybridized carbons (Fsp3) is 0.200. The van der Waals surface area contributed by atoms with E-state index in [2.05, 4.69) is 23.4 Å². The van der Waals surface area contributed by atoms with Gasteiger partial charge in [0.2, 0.25) is 0 Å². The number of benzene rings is 3. The standard InChI is InChI=1S/C25H23N5O2/c1-4-19-8-6-10-23(30-25(31)29(3)27-28-30)22(19)16-32-24-12-11-21(13-17(24)2)20-9-5-7-18(14-20)15-26/h5-14H,4,16H2,1-3H3. The van der Waals surface area contributed by atoms with Crippen molar-refractivity contribution in [2.24, 2.45) is 7.05 Å². The fourth-order valence-electron chi connectivity index (χ4n) is 3.69. The predicted molar refractivity (Wildman–Crippen MR) is 122 cm³/mol. The Hall–Kier alpha value is -4.18. The Balaban J connectivity index is 1.63. The topological polar surface area (TPSA) is 85.7 Å². The lowest BCUT2D eigenvalue weighted by Crippen LogP contribution is -2.23. The second-order valence-corrected chi connectivity index (χ2v) is 7.53. The van der Waals surface area contributed by atoms with Crippen molar-refractivity contribution in [3.8, 4) is 28.6 Å². The lowest BCUT2D eigenvalue weighted by Gasteiger charge is -2.16. The minimum Gasteiger partial charge on any atom is -0.489 e. The summed E-state index contributed by atoms with van der Waals surface area (Å²) in [6.07, 6.45) is 0.800. The monoisotopic (exact) mass is 425 g/mol. The SMILES string of the molecule is CCc1cccc(-n2nnn(C)c2=O)c1COc1ccc(-c2cccc(C#N)c2)cc1C. The summed E-state index contributed by atoms with van der Waals surface area (Å²) in [5, 5.41) is 17.0. The summed E-state index contributed by atoms with van der Waals surface area (Å²) in [6, 6.07) is 21.5. The van der Waals surface area contributed by atoms with Crippen molar-refractivity contribution in [1.82, 2.24) is 19.8 Å². The number of hydrogen-bond acceptors (Lipinski definition) is 5. The number of aryl methyl sites for hydroxylation is 3. The number of ether oxygens (including phenoxy) is 1. The predicted octanol–water partition coefficient (Wildman–Crippen LogP) is 3.95. The number of rotatable bonds is 6. The molecule has 7 nitrogen and oxygen atoms in total. The van der Waals surface area contributed by atoms with Crippen molar-refractivity contribution in [3.05, 3.63) is 93.4 Å². The second kappa shape index (κ2) is 8.90. The van der Waals surface area contributed by atoms with Crippen LogP contribution in [0, 0.1) is 18.3 Å². The largest absolute Gasteiger partial charge is 0.489 e. The van der Waals surface area contributed by atoms with E-state index in [0.717, 1.165) is 40.0 Å². The zero-order valence-electron chi connectivity index (χ0n) is 18.2. The first-order valence-electron chi connectivity index (χ1n) is 10.4. The van der Waals surface area contributed by atoms with Gasteiger partial charge in [-0.25, -0.2) is 4.79 Å². The van der Waals surface area contributed by atoms with Gasteiger partial charge in [0.15, 0.2) is 0 Å². The van der Waals surface area contributed by atoms with Gasteiger partial charge in [-0.3, -0.25) is 0 Å². The molecule has 0 bridgehead atoms. The number of aromatic nitrogens is 4. The van der Waals surface area contributed by atoms with Crippen molar-refractivity contribution in [1.29, 1.82) is 5.26 Å². The van der Waals surface area contributed by atoms with E-state index < -0.39 is 0 Å². The minimum absolute atomic E-state index is 0.298. The average molecular weight is 425 g/mol. The quantitative estimate of drug-likeness (QED) is 0.467. The summed E-state index contributed by atoms with van der Waals surface area (Å²) in [7, 11) is 1.57. The fourth-order valence-corrected chi connectivity index (χ4v) is 3.69. The maximum absolute atomic E-state index is 12.4. The highest BCUT2D eigenvalue weighted by Crippen LogP contribution is 2.28. The van der Waals surface area contributed by atoms with Crippen LogP contribution in [0.4, 0.5) is 0 Å². The number of hydrogen-bond donors (Lipinski definition) is 0. The van der Waals surface area contributed by atoms with Gasteiger partial charge >= 0.3 is 5.69 Å². The van der Waals surface area contributed by atoms with Crippen LogP contribution in [0.1, 0.15) is 29.2 Å². The van der Waals surface area contributed by atoms with Gasteiger partial charge < -0.3 is 4.74 Å². The molecule has 0 saturated carbocycles. The zero-order chi connectivity index (χ0) is 22.7. The molecule has 32 heavy (non-hydrogen) atoms. The molecule has 4 aromatic rings. The van der Waals surface area contributed by atoms with Crippen LogP contribution in [0.25, 0.3) is 16.8 Å². The molecule has 1 heterocycles.